The van der Waals surface area contributed by atoms with Crippen LogP contribution in [0, 0.1) is 11.8 Å². The van der Waals surface area contributed by atoms with Gasteiger partial charge in [0, 0.05) is 12.3 Å². The molecular formula is C11H17NO2. The highest BCUT2D eigenvalue weighted by Gasteiger charge is 2.32. The van der Waals surface area contributed by atoms with E-state index in [9.17, 15) is 9.59 Å². The van der Waals surface area contributed by atoms with Crippen LogP contribution in [0.3, 0.4) is 0 Å². The predicted molar refractivity (Wildman–Crippen MR) is 52.4 cm³/mol. The fourth-order valence-corrected chi connectivity index (χ4v) is 2.62. The van der Waals surface area contributed by atoms with Gasteiger partial charge in [0.25, 0.3) is 0 Å². The van der Waals surface area contributed by atoms with Crippen molar-refractivity contribution in [1.29, 1.82) is 0 Å². The van der Waals surface area contributed by atoms with Crippen molar-refractivity contribution in [2.75, 3.05) is 0 Å². The maximum Gasteiger partial charge on any atom is 0.230 e. The van der Waals surface area contributed by atoms with Crippen molar-refractivity contribution in [2.24, 2.45) is 11.8 Å². The molecule has 2 fully saturated rings. The van der Waals surface area contributed by atoms with E-state index in [1.807, 2.05) is 0 Å². The zero-order valence-electron chi connectivity index (χ0n) is 8.42. The van der Waals surface area contributed by atoms with Crippen molar-refractivity contribution < 1.29 is 9.59 Å². The third kappa shape index (κ3) is 2.14. The molecule has 1 saturated heterocycles. The standard InChI is InChI=1S/C11H17NO2/c13-10-7-9(11(14)12-10)6-8-4-2-1-3-5-8/h8-9H,1-7H2,(H,12,13,14). The maximum absolute atomic E-state index is 11.3. The fourth-order valence-electron chi connectivity index (χ4n) is 2.62. The van der Waals surface area contributed by atoms with Crippen LogP contribution in [0.1, 0.15) is 44.9 Å². The summed E-state index contributed by atoms with van der Waals surface area (Å²) in [6.07, 6.45) is 7.79. The molecule has 0 aromatic rings. The smallest absolute Gasteiger partial charge is 0.230 e. The van der Waals surface area contributed by atoms with Gasteiger partial charge in [-0.15, -0.1) is 0 Å². The number of carbonyl (C=O) groups is 2. The first-order chi connectivity index (χ1) is 6.75. The third-order valence-electron chi connectivity index (χ3n) is 3.41. The Bertz CT molecular complexity index is 244. The van der Waals surface area contributed by atoms with Crippen LogP contribution in [-0.2, 0) is 9.59 Å². The molecule has 1 unspecified atom stereocenters. The van der Waals surface area contributed by atoms with Crippen LogP contribution in [0.5, 0.6) is 0 Å². The summed E-state index contributed by atoms with van der Waals surface area (Å²) in [7, 11) is 0. The molecule has 0 radical (unpaired) electrons. The number of carbonyl (C=O) groups excluding carboxylic acids is 2. The lowest BCUT2D eigenvalue weighted by atomic mass is 9.82. The van der Waals surface area contributed by atoms with Crippen LogP contribution < -0.4 is 5.32 Å². The van der Waals surface area contributed by atoms with E-state index in [4.69, 9.17) is 0 Å². The van der Waals surface area contributed by atoms with Crippen LogP contribution >= 0.6 is 0 Å². The Balaban J connectivity index is 1.84. The summed E-state index contributed by atoms with van der Waals surface area (Å²) in [5.74, 6) is 0.535. The predicted octanol–water partition coefficient (Wildman–Crippen LogP) is 1.62. The highest BCUT2D eigenvalue weighted by molar-refractivity contribution is 6.03. The number of rotatable bonds is 2. The minimum atomic E-state index is -0.0872. The molecule has 1 saturated carbocycles. The van der Waals surface area contributed by atoms with Crippen LogP contribution in [0.2, 0.25) is 0 Å². The number of hydrogen-bond acceptors (Lipinski definition) is 2. The maximum atomic E-state index is 11.3. The van der Waals surface area contributed by atoms with Gasteiger partial charge in [0.1, 0.15) is 0 Å². The van der Waals surface area contributed by atoms with Gasteiger partial charge < -0.3 is 0 Å². The Hall–Kier alpha value is -0.860. The molecule has 1 atom stereocenters. The van der Waals surface area contributed by atoms with E-state index in [-0.39, 0.29) is 17.7 Å². The molecule has 2 amide bonds. The van der Waals surface area contributed by atoms with Crippen molar-refractivity contribution in [3.8, 4) is 0 Å². The molecule has 1 N–H and O–H groups in total. The SMILES string of the molecule is O=C1CC(CC2CCCCC2)C(=O)N1. The Morgan fingerprint density at radius 3 is 2.43 bits per heavy atom. The topological polar surface area (TPSA) is 46.2 Å². The summed E-state index contributed by atoms with van der Waals surface area (Å²) in [5.41, 5.74) is 0. The molecule has 1 aliphatic carbocycles. The van der Waals surface area contributed by atoms with Gasteiger partial charge in [0.05, 0.1) is 0 Å². The quantitative estimate of drug-likeness (QED) is 0.680. The van der Waals surface area contributed by atoms with Crippen molar-refractivity contribution in [2.45, 2.75) is 44.9 Å². The van der Waals surface area contributed by atoms with E-state index in [2.05, 4.69) is 5.32 Å². The van der Waals surface area contributed by atoms with Gasteiger partial charge in [0.2, 0.25) is 11.8 Å². The van der Waals surface area contributed by atoms with E-state index in [1.54, 1.807) is 0 Å². The van der Waals surface area contributed by atoms with Crippen molar-refractivity contribution in [3.05, 3.63) is 0 Å². The molecule has 1 heterocycles. The first kappa shape index (κ1) is 9.69. The number of hydrogen-bond donors (Lipinski definition) is 1. The molecule has 0 aromatic carbocycles. The molecule has 2 aliphatic rings. The molecule has 0 spiro atoms. The molecule has 2 rings (SSSR count). The van der Waals surface area contributed by atoms with Gasteiger partial charge in [-0.2, -0.15) is 0 Å². The van der Waals surface area contributed by atoms with Gasteiger partial charge in [-0.1, -0.05) is 32.1 Å². The first-order valence-corrected chi connectivity index (χ1v) is 5.59. The van der Waals surface area contributed by atoms with Crippen LogP contribution in [0.4, 0.5) is 0 Å². The molecule has 78 valence electrons. The second-order valence-electron chi connectivity index (χ2n) is 4.55. The summed E-state index contributed by atoms with van der Waals surface area (Å²) >= 11 is 0. The lowest BCUT2D eigenvalue weighted by Crippen LogP contribution is -2.23. The molecule has 3 heteroatoms. The van der Waals surface area contributed by atoms with Crippen LogP contribution in [0.15, 0.2) is 0 Å². The molecule has 14 heavy (non-hydrogen) atoms. The number of amides is 2. The van der Waals surface area contributed by atoms with Crippen LogP contribution in [0.25, 0.3) is 0 Å². The third-order valence-corrected chi connectivity index (χ3v) is 3.41. The lowest BCUT2D eigenvalue weighted by molar-refractivity contribution is -0.126. The Morgan fingerprint density at radius 2 is 1.86 bits per heavy atom. The zero-order chi connectivity index (χ0) is 9.97. The Labute approximate surface area is 84.2 Å². The highest BCUT2D eigenvalue weighted by Crippen LogP contribution is 2.31. The average molecular weight is 195 g/mol. The van der Waals surface area contributed by atoms with Crippen molar-refractivity contribution >= 4 is 11.8 Å². The summed E-state index contributed by atoms with van der Waals surface area (Å²) < 4.78 is 0. The minimum Gasteiger partial charge on any atom is -0.296 e. The molecule has 3 nitrogen and oxygen atoms in total. The van der Waals surface area contributed by atoms with E-state index >= 15 is 0 Å². The van der Waals surface area contributed by atoms with E-state index in [0.29, 0.717) is 12.3 Å². The zero-order valence-corrected chi connectivity index (χ0v) is 8.42. The van der Waals surface area contributed by atoms with Gasteiger partial charge in [-0.25, -0.2) is 0 Å². The van der Waals surface area contributed by atoms with E-state index in [1.165, 1.54) is 32.1 Å². The Morgan fingerprint density at radius 1 is 1.14 bits per heavy atom. The Kier molecular flexibility index (Phi) is 2.85. The summed E-state index contributed by atoms with van der Waals surface area (Å²) in [4.78, 5) is 22.3. The monoisotopic (exact) mass is 195 g/mol. The highest BCUT2D eigenvalue weighted by atomic mass is 16.2. The molecule has 0 bridgehead atoms. The van der Waals surface area contributed by atoms with E-state index in [0.717, 1.165) is 6.42 Å². The molecule has 1 aliphatic heterocycles. The molecule has 0 aromatic heterocycles. The normalized spacial score (nSPS) is 29.3. The fraction of sp³-hybridized carbons (Fsp3) is 0.818. The number of nitrogens with one attached hydrogen (secondary N) is 1. The van der Waals surface area contributed by atoms with Crippen molar-refractivity contribution in [1.82, 2.24) is 5.32 Å². The lowest BCUT2D eigenvalue weighted by Gasteiger charge is -2.22. The summed E-state index contributed by atoms with van der Waals surface area (Å²) in [6, 6.07) is 0. The second kappa shape index (κ2) is 4.11. The van der Waals surface area contributed by atoms with E-state index < -0.39 is 0 Å². The van der Waals surface area contributed by atoms with Gasteiger partial charge >= 0.3 is 0 Å². The molecular weight excluding hydrogens is 178 g/mol. The largest absolute Gasteiger partial charge is 0.296 e. The summed E-state index contributed by atoms with van der Waals surface area (Å²) in [5, 5.41) is 2.38. The van der Waals surface area contributed by atoms with Gasteiger partial charge in [0.15, 0.2) is 0 Å². The first-order valence-electron chi connectivity index (χ1n) is 5.59. The van der Waals surface area contributed by atoms with Crippen LogP contribution in [-0.4, -0.2) is 11.8 Å². The van der Waals surface area contributed by atoms with Gasteiger partial charge in [-0.3, -0.25) is 14.9 Å². The van der Waals surface area contributed by atoms with Gasteiger partial charge in [-0.05, 0) is 12.3 Å². The minimum absolute atomic E-state index is 0.0226. The summed E-state index contributed by atoms with van der Waals surface area (Å²) in [6.45, 7) is 0. The van der Waals surface area contributed by atoms with Crippen molar-refractivity contribution in [3.63, 3.8) is 0 Å². The number of imide groups is 1. The second-order valence-corrected chi connectivity index (χ2v) is 4.55. The average Bonchev–Trinajstić information content (AvgIpc) is 2.47.